The smallest absolute Gasteiger partial charge is 0.155 e. The van der Waals surface area contributed by atoms with E-state index in [4.69, 9.17) is 0 Å². The minimum Gasteiger partial charge on any atom is -0.258 e. The van der Waals surface area contributed by atoms with Crippen molar-refractivity contribution in [3.63, 3.8) is 0 Å². The van der Waals surface area contributed by atoms with E-state index in [1.807, 2.05) is 0 Å². The van der Waals surface area contributed by atoms with Crippen LogP contribution in [0.25, 0.3) is 0 Å². The zero-order valence-electron chi connectivity index (χ0n) is 8.35. The summed E-state index contributed by atoms with van der Waals surface area (Å²) in [7, 11) is 0. The lowest BCUT2D eigenvalue weighted by atomic mass is 10.0. The molecule has 76 valence electrons. The molecule has 2 rings (SSSR count). The van der Waals surface area contributed by atoms with Crippen molar-refractivity contribution in [2.45, 2.75) is 38.5 Å². The van der Waals surface area contributed by atoms with E-state index in [2.05, 4.69) is 34.8 Å². The molecule has 1 aromatic rings. The highest BCUT2D eigenvalue weighted by Crippen LogP contribution is 2.46. The summed E-state index contributed by atoms with van der Waals surface area (Å²) in [5.74, 6) is 0.656. The van der Waals surface area contributed by atoms with E-state index in [0.29, 0.717) is 16.3 Å². The molecule has 0 bridgehead atoms. The molecule has 1 fully saturated rings. The second kappa shape index (κ2) is 3.61. The third-order valence-electron chi connectivity index (χ3n) is 2.57. The van der Waals surface area contributed by atoms with Crippen LogP contribution in [0, 0.1) is 5.82 Å². The lowest BCUT2D eigenvalue weighted by Gasteiger charge is -2.13. The molecule has 0 N–H and O–H groups in total. The lowest BCUT2D eigenvalue weighted by molar-refractivity contribution is 0.604. The van der Waals surface area contributed by atoms with Crippen LogP contribution in [0.3, 0.4) is 0 Å². The Morgan fingerprint density at radius 1 is 1.50 bits per heavy atom. The van der Waals surface area contributed by atoms with E-state index < -0.39 is 0 Å². The number of hydrogen-bond acceptors (Lipinski definition) is 1. The first-order valence-corrected chi connectivity index (χ1v) is 5.74. The first-order chi connectivity index (χ1) is 6.61. The second-order valence-electron chi connectivity index (χ2n) is 4.15. The molecule has 0 aliphatic heterocycles. The van der Waals surface area contributed by atoms with Crippen LogP contribution in [0.2, 0.25) is 0 Å². The Kier molecular flexibility index (Phi) is 2.60. The van der Waals surface area contributed by atoms with Crippen molar-refractivity contribution >= 4 is 15.9 Å². The van der Waals surface area contributed by atoms with Gasteiger partial charge in [-0.05, 0) is 46.2 Å². The summed E-state index contributed by atoms with van der Waals surface area (Å²) in [6.07, 6.45) is 3.65. The number of hydrogen-bond donors (Lipinski definition) is 0. The Labute approximate surface area is 91.9 Å². The molecule has 0 spiro atoms. The van der Waals surface area contributed by atoms with Gasteiger partial charge in [0.15, 0.2) is 5.82 Å². The molecule has 1 saturated carbocycles. The van der Waals surface area contributed by atoms with Gasteiger partial charge in [0.1, 0.15) is 0 Å². The van der Waals surface area contributed by atoms with Crippen molar-refractivity contribution in [2.75, 3.05) is 0 Å². The predicted molar refractivity (Wildman–Crippen MR) is 58.0 cm³/mol. The van der Waals surface area contributed by atoms with Crippen LogP contribution in [0.5, 0.6) is 0 Å². The Morgan fingerprint density at radius 2 is 2.14 bits per heavy atom. The molecule has 0 aromatic carbocycles. The summed E-state index contributed by atoms with van der Waals surface area (Å²) in [5.41, 5.74) is 2.14. The second-order valence-corrected chi connectivity index (χ2v) is 4.94. The number of nitrogens with zero attached hydrogens (tertiary/aromatic N) is 1. The van der Waals surface area contributed by atoms with Crippen LogP contribution < -0.4 is 0 Å². The Morgan fingerprint density at radius 3 is 2.64 bits per heavy atom. The van der Waals surface area contributed by atoms with Crippen LogP contribution in [0.1, 0.15) is 49.8 Å². The van der Waals surface area contributed by atoms with Crippen molar-refractivity contribution in [1.29, 1.82) is 0 Å². The minimum atomic E-state index is -0.240. The van der Waals surface area contributed by atoms with Crippen molar-refractivity contribution in [2.24, 2.45) is 0 Å². The van der Waals surface area contributed by atoms with E-state index in [1.54, 1.807) is 0 Å². The maximum atomic E-state index is 13.3. The first kappa shape index (κ1) is 10.1. The van der Waals surface area contributed by atoms with Gasteiger partial charge < -0.3 is 0 Å². The molecule has 1 aromatic heterocycles. The highest BCUT2D eigenvalue weighted by molar-refractivity contribution is 9.10. The maximum absolute atomic E-state index is 13.3. The van der Waals surface area contributed by atoms with Crippen LogP contribution in [0.15, 0.2) is 10.7 Å². The summed E-state index contributed by atoms with van der Waals surface area (Å²) >= 11 is 3.32. The fraction of sp³-hybridized carbons (Fsp3) is 0.545. The highest BCUT2D eigenvalue weighted by Gasteiger charge is 2.30. The molecular weight excluding hydrogens is 245 g/mol. The van der Waals surface area contributed by atoms with Crippen LogP contribution >= 0.6 is 15.9 Å². The van der Waals surface area contributed by atoms with E-state index in [9.17, 15) is 4.39 Å². The number of pyridine rings is 1. The molecule has 0 radical (unpaired) electrons. The largest absolute Gasteiger partial charge is 0.258 e. The van der Waals surface area contributed by atoms with E-state index in [-0.39, 0.29) is 5.82 Å². The summed E-state index contributed by atoms with van der Waals surface area (Å²) in [4.78, 5) is 4.19. The summed E-state index contributed by atoms with van der Waals surface area (Å²) < 4.78 is 13.9. The summed E-state index contributed by atoms with van der Waals surface area (Å²) in [5, 5.41) is 0. The standard InChI is InChI=1S/C11H13BrFN/c1-6(2)11-9(7-3-4-7)10(12)8(13)5-14-11/h5-7H,3-4H2,1-2H3. The average Bonchev–Trinajstić information content (AvgIpc) is 2.92. The first-order valence-electron chi connectivity index (χ1n) is 4.95. The van der Waals surface area contributed by atoms with Gasteiger partial charge in [-0.2, -0.15) is 0 Å². The van der Waals surface area contributed by atoms with E-state index in [0.717, 1.165) is 11.3 Å². The molecule has 14 heavy (non-hydrogen) atoms. The van der Waals surface area contributed by atoms with E-state index >= 15 is 0 Å². The van der Waals surface area contributed by atoms with Gasteiger partial charge in [-0.15, -0.1) is 0 Å². The molecule has 1 heterocycles. The summed E-state index contributed by atoms with van der Waals surface area (Å²) in [6, 6.07) is 0. The van der Waals surface area contributed by atoms with Crippen molar-refractivity contribution in [3.8, 4) is 0 Å². The van der Waals surface area contributed by atoms with Crippen molar-refractivity contribution in [1.82, 2.24) is 4.98 Å². The van der Waals surface area contributed by atoms with Gasteiger partial charge in [-0.25, -0.2) is 4.39 Å². The lowest BCUT2D eigenvalue weighted by Crippen LogP contribution is -2.01. The highest BCUT2D eigenvalue weighted by atomic mass is 79.9. The monoisotopic (exact) mass is 257 g/mol. The van der Waals surface area contributed by atoms with Crippen molar-refractivity contribution in [3.05, 3.63) is 27.7 Å². The molecule has 3 heteroatoms. The number of aromatic nitrogens is 1. The summed E-state index contributed by atoms with van der Waals surface area (Å²) in [6.45, 7) is 4.19. The zero-order chi connectivity index (χ0) is 10.3. The van der Waals surface area contributed by atoms with Crippen LogP contribution in [-0.4, -0.2) is 4.98 Å². The fourth-order valence-electron chi connectivity index (χ4n) is 1.71. The molecule has 1 aliphatic carbocycles. The number of halogens is 2. The predicted octanol–water partition coefficient (Wildman–Crippen LogP) is 3.98. The van der Waals surface area contributed by atoms with Gasteiger partial charge in [0.25, 0.3) is 0 Å². The molecule has 1 aliphatic rings. The maximum Gasteiger partial charge on any atom is 0.155 e. The van der Waals surface area contributed by atoms with Crippen LogP contribution in [-0.2, 0) is 0 Å². The molecular formula is C11H13BrFN. The minimum absolute atomic E-state index is 0.240. The van der Waals surface area contributed by atoms with Crippen LogP contribution in [0.4, 0.5) is 4.39 Å². The Balaban J connectivity index is 2.54. The molecule has 0 atom stereocenters. The van der Waals surface area contributed by atoms with Gasteiger partial charge in [0, 0.05) is 5.69 Å². The van der Waals surface area contributed by atoms with E-state index in [1.165, 1.54) is 19.0 Å². The van der Waals surface area contributed by atoms with Gasteiger partial charge in [0.05, 0.1) is 10.7 Å². The zero-order valence-corrected chi connectivity index (χ0v) is 9.94. The van der Waals surface area contributed by atoms with Crippen molar-refractivity contribution < 1.29 is 4.39 Å². The normalized spacial score (nSPS) is 16.4. The SMILES string of the molecule is CC(C)c1ncc(F)c(Br)c1C1CC1. The van der Waals surface area contributed by atoms with Gasteiger partial charge in [-0.1, -0.05) is 13.8 Å². The molecule has 0 amide bonds. The van der Waals surface area contributed by atoms with Gasteiger partial charge in [-0.3, -0.25) is 4.98 Å². The fourth-order valence-corrected chi connectivity index (χ4v) is 2.34. The van der Waals surface area contributed by atoms with Gasteiger partial charge in [0.2, 0.25) is 0 Å². The number of rotatable bonds is 2. The Hall–Kier alpha value is -0.440. The average molecular weight is 258 g/mol. The molecule has 1 nitrogen and oxygen atoms in total. The molecule has 0 unspecified atom stereocenters. The third-order valence-corrected chi connectivity index (χ3v) is 3.38. The molecule has 0 saturated heterocycles. The van der Waals surface area contributed by atoms with Gasteiger partial charge >= 0.3 is 0 Å². The topological polar surface area (TPSA) is 12.9 Å². The third kappa shape index (κ3) is 1.70. The Bertz CT molecular complexity index is 359. The quantitative estimate of drug-likeness (QED) is 0.781.